The van der Waals surface area contributed by atoms with E-state index in [1.807, 2.05) is 0 Å². The van der Waals surface area contributed by atoms with Gasteiger partial charge in [-0.15, -0.1) is 0 Å². The molecule has 0 bridgehead atoms. The van der Waals surface area contributed by atoms with E-state index in [4.69, 9.17) is 9.47 Å². The molecule has 3 rings (SSSR count). The lowest BCUT2D eigenvalue weighted by molar-refractivity contribution is 0.0941. The van der Waals surface area contributed by atoms with Crippen molar-refractivity contribution in [2.75, 3.05) is 30.4 Å². The summed E-state index contributed by atoms with van der Waals surface area (Å²) in [5, 5.41) is 2.68. The summed E-state index contributed by atoms with van der Waals surface area (Å²) >= 11 is 0. The Bertz CT molecular complexity index is 1140. The summed E-state index contributed by atoms with van der Waals surface area (Å²) < 4.78 is 61.2. The summed E-state index contributed by atoms with van der Waals surface area (Å²) in [5.74, 6) is 0.0923. The van der Waals surface area contributed by atoms with E-state index in [2.05, 4.69) is 10.0 Å². The second-order valence-corrected chi connectivity index (χ2v) is 10.7. The monoisotopic (exact) mass is 454 g/mol. The zero-order valence-electron chi connectivity index (χ0n) is 16.4. The van der Waals surface area contributed by atoms with Crippen molar-refractivity contribution in [1.29, 1.82) is 0 Å². The van der Waals surface area contributed by atoms with Gasteiger partial charge in [-0.1, -0.05) is 0 Å². The van der Waals surface area contributed by atoms with E-state index in [1.54, 1.807) is 6.07 Å². The van der Waals surface area contributed by atoms with E-state index in [9.17, 15) is 21.6 Å². The highest BCUT2D eigenvalue weighted by Crippen LogP contribution is 2.29. The van der Waals surface area contributed by atoms with Gasteiger partial charge >= 0.3 is 0 Å². The predicted octanol–water partition coefficient (Wildman–Crippen LogP) is 1.42. The van der Waals surface area contributed by atoms with Crippen LogP contribution in [0.3, 0.4) is 0 Å². The molecule has 0 aliphatic carbocycles. The molecule has 1 atom stereocenters. The van der Waals surface area contributed by atoms with Gasteiger partial charge in [0.05, 0.1) is 25.7 Å². The Morgan fingerprint density at radius 2 is 1.77 bits per heavy atom. The Labute approximate surface area is 175 Å². The quantitative estimate of drug-likeness (QED) is 0.648. The predicted molar refractivity (Wildman–Crippen MR) is 111 cm³/mol. The third-order valence-corrected chi connectivity index (χ3v) is 7.80. The van der Waals surface area contributed by atoms with Crippen LogP contribution in [0.4, 0.5) is 5.69 Å². The van der Waals surface area contributed by atoms with Crippen LogP contribution in [0.25, 0.3) is 0 Å². The second kappa shape index (κ2) is 8.52. The minimum absolute atomic E-state index is 0.0619. The lowest BCUT2D eigenvalue weighted by atomic mass is 10.1. The number of carbonyl (C=O) groups excluding carboxylic acids is 1. The van der Waals surface area contributed by atoms with E-state index in [0.717, 1.165) is 0 Å². The lowest BCUT2D eigenvalue weighted by Crippen LogP contribution is -2.35. The van der Waals surface area contributed by atoms with Crippen LogP contribution in [0.1, 0.15) is 16.8 Å². The van der Waals surface area contributed by atoms with E-state index in [1.165, 1.54) is 50.6 Å². The first-order valence-electron chi connectivity index (χ1n) is 9.00. The van der Waals surface area contributed by atoms with Crippen molar-refractivity contribution in [1.82, 2.24) is 5.32 Å². The number of ether oxygens (including phenoxy) is 2. The first kappa shape index (κ1) is 21.9. The molecule has 2 aromatic carbocycles. The largest absolute Gasteiger partial charge is 0.497 e. The number of methoxy groups -OCH3 is 2. The van der Waals surface area contributed by atoms with Crippen molar-refractivity contribution in [3.63, 3.8) is 0 Å². The molecule has 1 aliphatic heterocycles. The van der Waals surface area contributed by atoms with Crippen LogP contribution in [0.2, 0.25) is 0 Å². The minimum Gasteiger partial charge on any atom is -0.497 e. The standard InChI is InChI=1S/C19H22N2O7S2/c1-27-16-7-8-17(28-2)18(11-16)30(25,26)21-14-5-3-13(4-6-14)19(22)20-15-9-10-29(23,24)12-15/h3-8,11,15,21H,9-10,12H2,1-2H3,(H,20,22)/t15-/m1/s1. The molecule has 1 aliphatic rings. The Kier molecular flexibility index (Phi) is 6.22. The first-order chi connectivity index (χ1) is 14.1. The summed E-state index contributed by atoms with van der Waals surface area (Å²) in [7, 11) is -4.28. The smallest absolute Gasteiger partial charge is 0.265 e. The minimum atomic E-state index is -3.98. The van der Waals surface area contributed by atoms with E-state index >= 15 is 0 Å². The van der Waals surface area contributed by atoms with Gasteiger partial charge in [0, 0.05) is 23.4 Å². The van der Waals surface area contributed by atoms with E-state index in [0.29, 0.717) is 17.7 Å². The number of benzene rings is 2. The molecule has 9 nitrogen and oxygen atoms in total. The summed E-state index contributed by atoms with van der Waals surface area (Å²) in [6.07, 6.45) is 0.383. The summed E-state index contributed by atoms with van der Waals surface area (Å²) in [6, 6.07) is 9.82. The molecule has 0 saturated carbocycles. The summed E-state index contributed by atoms with van der Waals surface area (Å²) in [4.78, 5) is 12.2. The number of amides is 1. The maximum atomic E-state index is 12.8. The van der Waals surface area contributed by atoms with Gasteiger partial charge < -0.3 is 14.8 Å². The normalized spacial score (nSPS) is 17.9. The molecule has 0 unspecified atom stereocenters. The molecule has 2 N–H and O–H groups in total. The maximum Gasteiger partial charge on any atom is 0.265 e. The van der Waals surface area contributed by atoms with Crippen molar-refractivity contribution in [3.05, 3.63) is 48.0 Å². The fourth-order valence-electron chi connectivity index (χ4n) is 3.07. The molecule has 0 radical (unpaired) electrons. The van der Waals surface area contributed by atoms with Gasteiger partial charge in [0.15, 0.2) is 9.84 Å². The molecule has 30 heavy (non-hydrogen) atoms. The SMILES string of the molecule is COc1ccc(OC)c(S(=O)(=O)Nc2ccc(C(=O)N[C@@H]3CCS(=O)(=O)C3)cc2)c1. The van der Waals surface area contributed by atoms with Crippen LogP contribution in [0.5, 0.6) is 11.5 Å². The Morgan fingerprint density at radius 1 is 1.07 bits per heavy atom. The summed E-state index contributed by atoms with van der Waals surface area (Å²) in [6.45, 7) is 0. The van der Waals surface area contributed by atoms with Crippen molar-refractivity contribution in [2.24, 2.45) is 0 Å². The van der Waals surface area contributed by atoms with E-state index in [-0.39, 0.29) is 27.8 Å². The van der Waals surface area contributed by atoms with Crippen LogP contribution in [-0.2, 0) is 19.9 Å². The molecular weight excluding hydrogens is 432 g/mol. The fourth-order valence-corrected chi connectivity index (χ4v) is 5.99. The van der Waals surface area contributed by atoms with Gasteiger partial charge in [-0.2, -0.15) is 0 Å². The lowest BCUT2D eigenvalue weighted by Gasteiger charge is -2.14. The second-order valence-electron chi connectivity index (χ2n) is 6.77. The Hall–Kier alpha value is -2.79. The van der Waals surface area contributed by atoms with Crippen LogP contribution in [-0.4, -0.2) is 54.5 Å². The maximum absolute atomic E-state index is 12.8. The topological polar surface area (TPSA) is 128 Å². The highest BCUT2D eigenvalue weighted by molar-refractivity contribution is 7.92. The fraction of sp³-hybridized carbons (Fsp3) is 0.316. The number of nitrogens with one attached hydrogen (secondary N) is 2. The van der Waals surface area contributed by atoms with Gasteiger partial charge in [0.25, 0.3) is 15.9 Å². The summed E-state index contributed by atoms with van der Waals surface area (Å²) in [5.41, 5.74) is 0.543. The zero-order chi connectivity index (χ0) is 21.9. The van der Waals surface area contributed by atoms with Crippen molar-refractivity contribution < 1.29 is 31.1 Å². The number of rotatable bonds is 7. The van der Waals surface area contributed by atoms with Gasteiger partial charge in [0.1, 0.15) is 16.4 Å². The number of sulfone groups is 1. The van der Waals surface area contributed by atoms with Crippen LogP contribution < -0.4 is 19.5 Å². The molecule has 1 fully saturated rings. The van der Waals surface area contributed by atoms with E-state index < -0.39 is 31.8 Å². The van der Waals surface area contributed by atoms with Crippen LogP contribution in [0.15, 0.2) is 47.4 Å². The Balaban J connectivity index is 1.73. The van der Waals surface area contributed by atoms with Crippen LogP contribution >= 0.6 is 0 Å². The van der Waals surface area contributed by atoms with Crippen molar-refractivity contribution >= 4 is 31.5 Å². The van der Waals surface area contributed by atoms with Gasteiger partial charge in [-0.25, -0.2) is 16.8 Å². The first-order valence-corrected chi connectivity index (χ1v) is 12.3. The van der Waals surface area contributed by atoms with Crippen LogP contribution in [0, 0.1) is 0 Å². The van der Waals surface area contributed by atoms with Crippen molar-refractivity contribution in [2.45, 2.75) is 17.4 Å². The van der Waals surface area contributed by atoms with Gasteiger partial charge in [-0.05, 0) is 42.8 Å². The van der Waals surface area contributed by atoms with Gasteiger partial charge in [0.2, 0.25) is 0 Å². The molecule has 11 heteroatoms. The molecule has 1 saturated heterocycles. The number of anilines is 1. The molecular formula is C19H22N2O7S2. The zero-order valence-corrected chi connectivity index (χ0v) is 18.0. The van der Waals surface area contributed by atoms with Crippen molar-refractivity contribution in [3.8, 4) is 11.5 Å². The number of sulfonamides is 1. The molecule has 1 heterocycles. The average molecular weight is 455 g/mol. The highest BCUT2D eigenvalue weighted by Gasteiger charge is 2.29. The Morgan fingerprint density at radius 3 is 2.33 bits per heavy atom. The average Bonchev–Trinajstić information content (AvgIpc) is 3.05. The molecule has 1 amide bonds. The number of carbonyl (C=O) groups is 1. The van der Waals surface area contributed by atoms with Gasteiger partial charge in [-0.3, -0.25) is 9.52 Å². The molecule has 2 aromatic rings. The molecule has 162 valence electrons. The molecule has 0 spiro atoms. The number of hydrogen-bond donors (Lipinski definition) is 2. The highest BCUT2D eigenvalue weighted by atomic mass is 32.2. The number of hydrogen-bond acceptors (Lipinski definition) is 7. The third-order valence-electron chi connectivity index (χ3n) is 4.63. The third kappa shape index (κ3) is 5.03. The molecule has 0 aromatic heterocycles.